The highest BCUT2D eigenvalue weighted by atomic mass is 127. The number of fused-ring (bicyclic) bond motifs is 1. The van der Waals surface area contributed by atoms with Crippen LogP contribution in [0, 0.1) is 9.39 Å². The zero-order valence-corrected chi connectivity index (χ0v) is 7.49. The first-order chi connectivity index (χ1) is 5.27. The summed E-state index contributed by atoms with van der Waals surface area (Å²) in [6.07, 6.45) is 2.70. The molecule has 5 heteroatoms. The summed E-state index contributed by atoms with van der Waals surface area (Å²) in [5.74, 6) is -0.274. The fraction of sp³-hybridized carbons (Fsp3) is 0. The number of pyridine rings is 1. The molecule has 0 aliphatic rings. The van der Waals surface area contributed by atoms with Gasteiger partial charge in [-0.3, -0.25) is 0 Å². The third kappa shape index (κ3) is 1.09. The van der Waals surface area contributed by atoms with Crippen LogP contribution in [0.15, 0.2) is 18.6 Å². The molecule has 0 saturated heterocycles. The van der Waals surface area contributed by atoms with Crippen molar-refractivity contribution in [1.82, 2.24) is 14.6 Å². The summed E-state index contributed by atoms with van der Waals surface area (Å²) in [6.45, 7) is 0. The molecule has 0 aliphatic carbocycles. The van der Waals surface area contributed by atoms with Crippen LogP contribution in [0.2, 0.25) is 0 Å². The van der Waals surface area contributed by atoms with Crippen molar-refractivity contribution >= 4 is 28.2 Å². The van der Waals surface area contributed by atoms with Crippen molar-refractivity contribution in [3.8, 4) is 0 Å². The van der Waals surface area contributed by atoms with Gasteiger partial charge in [-0.1, -0.05) is 0 Å². The molecule has 0 saturated carbocycles. The molecule has 0 atom stereocenters. The molecule has 11 heavy (non-hydrogen) atoms. The van der Waals surface area contributed by atoms with Crippen LogP contribution in [-0.2, 0) is 0 Å². The van der Waals surface area contributed by atoms with Crippen molar-refractivity contribution in [1.29, 1.82) is 0 Å². The summed E-state index contributed by atoms with van der Waals surface area (Å²) < 4.78 is 14.8. The average molecular weight is 263 g/mol. The molecule has 0 unspecified atom stereocenters. The number of halogens is 2. The van der Waals surface area contributed by atoms with Gasteiger partial charge in [-0.25, -0.2) is 13.9 Å². The first kappa shape index (κ1) is 6.96. The molecule has 0 aliphatic heterocycles. The van der Waals surface area contributed by atoms with Crippen molar-refractivity contribution < 1.29 is 4.39 Å². The minimum absolute atomic E-state index is 0.274. The molecular formula is C6H3FIN3. The molecule has 3 nitrogen and oxygen atoms in total. The van der Waals surface area contributed by atoms with Crippen LogP contribution < -0.4 is 0 Å². The SMILES string of the molecule is Fc1cn2ncnc2cc1I. The van der Waals surface area contributed by atoms with Crippen LogP contribution in [0.3, 0.4) is 0 Å². The monoisotopic (exact) mass is 263 g/mol. The van der Waals surface area contributed by atoms with E-state index in [4.69, 9.17) is 0 Å². The molecule has 0 N–H and O–H groups in total. The summed E-state index contributed by atoms with van der Waals surface area (Å²) >= 11 is 1.91. The maximum absolute atomic E-state index is 12.8. The van der Waals surface area contributed by atoms with Gasteiger partial charge < -0.3 is 0 Å². The minimum Gasteiger partial charge on any atom is -0.218 e. The smallest absolute Gasteiger partial charge is 0.156 e. The van der Waals surface area contributed by atoms with Gasteiger partial charge in [-0.15, -0.1) is 0 Å². The van der Waals surface area contributed by atoms with Crippen LogP contribution in [0.25, 0.3) is 5.65 Å². The van der Waals surface area contributed by atoms with E-state index in [1.165, 1.54) is 17.0 Å². The van der Waals surface area contributed by atoms with E-state index < -0.39 is 0 Å². The van der Waals surface area contributed by atoms with Gasteiger partial charge in [0.05, 0.1) is 9.77 Å². The summed E-state index contributed by atoms with van der Waals surface area (Å²) in [5, 5.41) is 3.78. The lowest BCUT2D eigenvalue weighted by Crippen LogP contribution is -1.91. The van der Waals surface area contributed by atoms with E-state index in [0.29, 0.717) is 9.22 Å². The normalized spacial score (nSPS) is 10.7. The number of hydrogen-bond acceptors (Lipinski definition) is 2. The predicted molar refractivity (Wildman–Crippen MR) is 45.7 cm³/mol. The average Bonchev–Trinajstić information content (AvgIpc) is 2.36. The Kier molecular flexibility index (Phi) is 1.52. The Morgan fingerprint density at radius 3 is 3.18 bits per heavy atom. The van der Waals surface area contributed by atoms with Gasteiger partial charge in [-0.05, 0) is 28.7 Å². The zero-order valence-electron chi connectivity index (χ0n) is 5.33. The first-order valence-electron chi connectivity index (χ1n) is 2.92. The molecule has 0 fully saturated rings. The fourth-order valence-corrected chi connectivity index (χ4v) is 1.23. The van der Waals surface area contributed by atoms with E-state index >= 15 is 0 Å². The third-order valence-corrected chi connectivity index (χ3v) is 2.15. The van der Waals surface area contributed by atoms with Gasteiger partial charge in [0.2, 0.25) is 0 Å². The number of rotatable bonds is 0. The van der Waals surface area contributed by atoms with Crippen LogP contribution in [0.4, 0.5) is 4.39 Å². The summed E-state index contributed by atoms with van der Waals surface area (Å²) in [5.41, 5.74) is 0.663. The lowest BCUT2D eigenvalue weighted by molar-refractivity contribution is 0.607. The Balaban J connectivity index is 2.86. The fourth-order valence-electron chi connectivity index (χ4n) is 0.813. The van der Waals surface area contributed by atoms with Gasteiger partial charge in [0.25, 0.3) is 0 Å². The lowest BCUT2D eigenvalue weighted by Gasteiger charge is -1.93. The second-order valence-electron chi connectivity index (χ2n) is 2.03. The maximum Gasteiger partial charge on any atom is 0.156 e. The largest absolute Gasteiger partial charge is 0.218 e. The molecule has 2 heterocycles. The van der Waals surface area contributed by atoms with E-state index in [1.54, 1.807) is 6.07 Å². The van der Waals surface area contributed by atoms with E-state index in [1.807, 2.05) is 22.6 Å². The van der Waals surface area contributed by atoms with Gasteiger partial charge in [0.1, 0.15) is 6.33 Å². The summed E-state index contributed by atoms with van der Waals surface area (Å²) in [6, 6.07) is 1.64. The predicted octanol–water partition coefficient (Wildman–Crippen LogP) is 1.47. The van der Waals surface area contributed by atoms with Crippen LogP contribution >= 0.6 is 22.6 Å². The molecule has 0 radical (unpaired) electrons. The molecule has 2 aromatic rings. The Morgan fingerprint density at radius 1 is 1.55 bits per heavy atom. The van der Waals surface area contributed by atoms with Crippen molar-refractivity contribution in [3.05, 3.63) is 28.0 Å². The quantitative estimate of drug-likeness (QED) is 0.674. The molecule has 0 spiro atoms. The molecule has 0 aromatic carbocycles. The summed E-state index contributed by atoms with van der Waals surface area (Å²) in [7, 11) is 0. The molecule has 2 rings (SSSR count). The summed E-state index contributed by atoms with van der Waals surface area (Å²) in [4.78, 5) is 3.90. The van der Waals surface area contributed by atoms with Crippen molar-refractivity contribution in [3.63, 3.8) is 0 Å². The second-order valence-corrected chi connectivity index (χ2v) is 3.19. The van der Waals surface area contributed by atoms with Crippen LogP contribution in [0.1, 0.15) is 0 Å². The number of hydrogen-bond donors (Lipinski definition) is 0. The van der Waals surface area contributed by atoms with E-state index in [9.17, 15) is 4.39 Å². The van der Waals surface area contributed by atoms with Crippen molar-refractivity contribution in [2.24, 2.45) is 0 Å². The van der Waals surface area contributed by atoms with E-state index in [2.05, 4.69) is 10.1 Å². The molecule has 0 amide bonds. The number of nitrogens with zero attached hydrogens (tertiary/aromatic N) is 3. The third-order valence-electron chi connectivity index (χ3n) is 1.32. The Morgan fingerprint density at radius 2 is 2.36 bits per heavy atom. The standard InChI is InChI=1S/C6H3FIN3/c7-4-2-11-6(1-5(4)8)9-3-10-11/h1-3H. The minimum atomic E-state index is -0.274. The van der Waals surface area contributed by atoms with Crippen molar-refractivity contribution in [2.45, 2.75) is 0 Å². The molecular weight excluding hydrogens is 260 g/mol. The van der Waals surface area contributed by atoms with Gasteiger partial charge >= 0.3 is 0 Å². The topological polar surface area (TPSA) is 30.2 Å². The second kappa shape index (κ2) is 2.40. The number of aromatic nitrogens is 3. The van der Waals surface area contributed by atoms with Crippen LogP contribution in [0.5, 0.6) is 0 Å². The molecule has 0 bridgehead atoms. The first-order valence-corrected chi connectivity index (χ1v) is 3.99. The van der Waals surface area contributed by atoms with Gasteiger partial charge in [0, 0.05) is 0 Å². The molecule has 56 valence electrons. The zero-order chi connectivity index (χ0) is 7.84. The van der Waals surface area contributed by atoms with E-state index in [0.717, 1.165) is 0 Å². The van der Waals surface area contributed by atoms with Gasteiger partial charge in [-0.2, -0.15) is 5.10 Å². The molecule has 2 aromatic heterocycles. The van der Waals surface area contributed by atoms with Gasteiger partial charge in [0.15, 0.2) is 11.5 Å². The van der Waals surface area contributed by atoms with Crippen molar-refractivity contribution in [2.75, 3.05) is 0 Å². The Labute approximate surface area is 75.4 Å². The highest BCUT2D eigenvalue weighted by Crippen LogP contribution is 2.11. The van der Waals surface area contributed by atoms with Crippen LogP contribution in [-0.4, -0.2) is 14.6 Å². The lowest BCUT2D eigenvalue weighted by atomic mass is 10.5. The van der Waals surface area contributed by atoms with E-state index in [-0.39, 0.29) is 5.82 Å². The maximum atomic E-state index is 12.8. The Bertz CT molecular complexity index is 362. The highest BCUT2D eigenvalue weighted by Gasteiger charge is 2.01. The highest BCUT2D eigenvalue weighted by molar-refractivity contribution is 14.1. The Hall–Kier alpha value is -0.720.